The molecule has 0 atom stereocenters. The van der Waals surface area contributed by atoms with Gasteiger partial charge >= 0.3 is 0 Å². The first kappa shape index (κ1) is 19.6. The zero-order valence-corrected chi connectivity index (χ0v) is 16.7. The Balaban J connectivity index is 1.54. The highest BCUT2D eigenvalue weighted by Gasteiger charge is 2.13. The zero-order valence-electron chi connectivity index (χ0n) is 16.7. The molecule has 0 saturated heterocycles. The topological polar surface area (TPSA) is 72.8 Å². The van der Waals surface area contributed by atoms with E-state index in [4.69, 9.17) is 4.74 Å². The van der Waals surface area contributed by atoms with Crippen molar-refractivity contribution in [2.24, 2.45) is 0 Å². The summed E-state index contributed by atoms with van der Waals surface area (Å²) in [5.74, 6) is 0.423. The number of aryl methyl sites for hydroxylation is 2. The quantitative estimate of drug-likeness (QED) is 0.429. The maximum Gasteiger partial charge on any atom is 0.297 e. The third-order valence-corrected chi connectivity index (χ3v) is 4.99. The molecule has 4 aromatic rings. The molecule has 6 nitrogen and oxygen atoms in total. The molecule has 6 heteroatoms. The average molecular weight is 400 g/mol. The number of hydrogen-bond acceptors (Lipinski definition) is 4. The predicted octanol–water partition coefficient (Wildman–Crippen LogP) is 4.10. The first-order valence-electron chi connectivity index (χ1n) is 10.1. The number of pyridine rings is 1. The van der Waals surface area contributed by atoms with Crippen molar-refractivity contribution in [2.75, 3.05) is 0 Å². The summed E-state index contributed by atoms with van der Waals surface area (Å²) in [5.41, 5.74) is 3.61. The minimum Gasteiger partial charge on any atom is -0.483 e. The van der Waals surface area contributed by atoms with Gasteiger partial charge in [0.15, 0.2) is 5.75 Å². The van der Waals surface area contributed by atoms with Crippen LogP contribution in [-0.4, -0.2) is 20.0 Å². The van der Waals surface area contributed by atoms with E-state index in [1.54, 1.807) is 4.57 Å². The van der Waals surface area contributed by atoms with Crippen LogP contribution in [0.5, 0.6) is 5.75 Å². The number of hydrogen-bond donors (Lipinski definition) is 1. The molecule has 0 bridgehead atoms. The SMILES string of the molecule is O=c1c(OCc2ccccc2)c(CCCCc2c[nH]nn2)ccn1-c1ccccc1. The summed E-state index contributed by atoms with van der Waals surface area (Å²) in [6, 6.07) is 21.5. The first-order valence-corrected chi connectivity index (χ1v) is 10.1. The van der Waals surface area contributed by atoms with Crippen LogP contribution in [0.15, 0.2) is 83.9 Å². The van der Waals surface area contributed by atoms with Crippen LogP contribution in [0.2, 0.25) is 0 Å². The van der Waals surface area contributed by atoms with E-state index in [0.29, 0.717) is 12.4 Å². The number of aromatic nitrogens is 4. The van der Waals surface area contributed by atoms with Crippen molar-refractivity contribution in [1.82, 2.24) is 20.0 Å². The van der Waals surface area contributed by atoms with Gasteiger partial charge in [-0.2, -0.15) is 0 Å². The van der Waals surface area contributed by atoms with E-state index >= 15 is 0 Å². The molecule has 152 valence electrons. The van der Waals surface area contributed by atoms with Gasteiger partial charge < -0.3 is 4.74 Å². The van der Waals surface area contributed by atoms with Gasteiger partial charge in [0.2, 0.25) is 0 Å². The Morgan fingerprint density at radius 3 is 2.37 bits per heavy atom. The highest BCUT2D eigenvalue weighted by molar-refractivity contribution is 5.38. The lowest BCUT2D eigenvalue weighted by Crippen LogP contribution is -2.21. The van der Waals surface area contributed by atoms with Crippen LogP contribution in [0, 0.1) is 0 Å². The Morgan fingerprint density at radius 1 is 0.900 bits per heavy atom. The molecule has 0 aliphatic carbocycles. The largest absolute Gasteiger partial charge is 0.483 e. The lowest BCUT2D eigenvalue weighted by molar-refractivity contribution is 0.297. The van der Waals surface area contributed by atoms with Crippen molar-refractivity contribution in [3.63, 3.8) is 0 Å². The molecule has 0 spiro atoms. The summed E-state index contributed by atoms with van der Waals surface area (Å²) in [6.45, 7) is 0.362. The Bertz CT molecular complexity index is 1110. The van der Waals surface area contributed by atoms with Gasteiger partial charge in [0, 0.05) is 23.6 Å². The highest BCUT2D eigenvalue weighted by atomic mass is 16.5. The molecule has 2 heterocycles. The van der Waals surface area contributed by atoms with Crippen molar-refractivity contribution >= 4 is 0 Å². The van der Waals surface area contributed by atoms with Gasteiger partial charge in [0.1, 0.15) is 6.61 Å². The van der Waals surface area contributed by atoms with Gasteiger partial charge in [-0.15, -0.1) is 5.10 Å². The first-order chi connectivity index (χ1) is 14.8. The predicted molar refractivity (Wildman–Crippen MR) is 116 cm³/mol. The molecule has 2 aromatic heterocycles. The summed E-state index contributed by atoms with van der Waals surface area (Å²) in [4.78, 5) is 13.2. The van der Waals surface area contributed by atoms with Crippen molar-refractivity contribution in [3.8, 4) is 11.4 Å². The second kappa shape index (κ2) is 9.69. The van der Waals surface area contributed by atoms with Crippen LogP contribution in [0.3, 0.4) is 0 Å². The zero-order chi connectivity index (χ0) is 20.6. The standard InChI is InChI=1S/C24H24N4O2/c29-24-23(30-18-19-9-3-1-4-10-19)20(11-7-8-12-21-17-25-27-26-21)15-16-28(24)22-13-5-2-6-14-22/h1-6,9-10,13-17H,7-8,11-12,18H2,(H,25,26,27). The summed E-state index contributed by atoms with van der Waals surface area (Å²) >= 11 is 0. The van der Waals surface area contributed by atoms with Crippen molar-refractivity contribution in [3.05, 3.63) is 106 Å². The van der Waals surface area contributed by atoms with Crippen molar-refractivity contribution in [1.29, 1.82) is 0 Å². The number of aromatic amines is 1. The molecule has 0 aliphatic rings. The molecule has 0 radical (unpaired) electrons. The smallest absolute Gasteiger partial charge is 0.297 e. The fraction of sp³-hybridized carbons (Fsp3) is 0.208. The highest BCUT2D eigenvalue weighted by Crippen LogP contribution is 2.19. The number of nitrogens with zero attached hydrogens (tertiary/aromatic N) is 3. The molecule has 1 N–H and O–H groups in total. The van der Waals surface area contributed by atoms with Gasteiger partial charge in [0.25, 0.3) is 5.56 Å². The lowest BCUT2D eigenvalue weighted by atomic mass is 10.1. The molecule has 0 saturated carbocycles. The van der Waals surface area contributed by atoms with E-state index in [2.05, 4.69) is 15.4 Å². The van der Waals surface area contributed by atoms with Crippen molar-refractivity contribution < 1.29 is 4.74 Å². The Morgan fingerprint density at radius 2 is 1.63 bits per heavy atom. The van der Waals surface area contributed by atoms with Crippen LogP contribution >= 0.6 is 0 Å². The third-order valence-electron chi connectivity index (χ3n) is 4.99. The second-order valence-electron chi connectivity index (χ2n) is 7.13. The Labute approximate surface area is 175 Å². The summed E-state index contributed by atoms with van der Waals surface area (Å²) < 4.78 is 7.70. The molecule has 0 unspecified atom stereocenters. The minimum atomic E-state index is -0.133. The monoisotopic (exact) mass is 400 g/mol. The van der Waals surface area contributed by atoms with Crippen molar-refractivity contribution in [2.45, 2.75) is 32.3 Å². The Kier molecular flexibility index (Phi) is 6.35. The van der Waals surface area contributed by atoms with Crippen LogP contribution < -0.4 is 10.3 Å². The molecule has 0 fully saturated rings. The van der Waals surface area contributed by atoms with Crippen LogP contribution in [0.25, 0.3) is 5.69 Å². The van der Waals surface area contributed by atoms with Gasteiger partial charge in [-0.3, -0.25) is 14.5 Å². The fourth-order valence-electron chi connectivity index (χ4n) is 3.40. The normalized spacial score (nSPS) is 10.8. The number of benzene rings is 2. The molecular formula is C24H24N4O2. The van der Waals surface area contributed by atoms with E-state index in [1.165, 1.54) is 0 Å². The fourth-order valence-corrected chi connectivity index (χ4v) is 3.40. The Hall–Kier alpha value is -3.67. The molecule has 4 rings (SSSR count). The minimum absolute atomic E-state index is 0.133. The third kappa shape index (κ3) is 4.84. The summed E-state index contributed by atoms with van der Waals surface area (Å²) in [5, 5.41) is 10.5. The van der Waals surface area contributed by atoms with Gasteiger partial charge in [-0.25, -0.2) is 0 Å². The maximum atomic E-state index is 13.2. The molecule has 0 amide bonds. The summed E-state index contributed by atoms with van der Waals surface area (Å²) in [6.07, 6.45) is 7.18. The molecule has 2 aromatic carbocycles. The van der Waals surface area contributed by atoms with E-state index < -0.39 is 0 Å². The number of H-pyrrole nitrogens is 1. The van der Waals surface area contributed by atoms with E-state index in [0.717, 1.165) is 48.2 Å². The number of unbranched alkanes of at least 4 members (excludes halogenated alkanes) is 1. The number of rotatable bonds is 9. The van der Waals surface area contributed by atoms with Crippen LogP contribution in [-0.2, 0) is 19.4 Å². The van der Waals surface area contributed by atoms with Crippen LogP contribution in [0.4, 0.5) is 0 Å². The number of para-hydroxylation sites is 1. The van der Waals surface area contributed by atoms with Gasteiger partial charge in [0.05, 0.1) is 5.69 Å². The maximum absolute atomic E-state index is 13.2. The number of nitrogens with one attached hydrogen (secondary N) is 1. The van der Waals surface area contributed by atoms with E-state index in [1.807, 2.05) is 79.1 Å². The number of ether oxygens (including phenoxy) is 1. The lowest BCUT2D eigenvalue weighted by Gasteiger charge is -2.14. The average Bonchev–Trinajstić information content (AvgIpc) is 3.31. The van der Waals surface area contributed by atoms with E-state index in [9.17, 15) is 4.79 Å². The van der Waals surface area contributed by atoms with Gasteiger partial charge in [-0.1, -0.05) is 53.7 Å². The molecule has 30 heavy (non-hydrogen) atoms. The molecular weight excluding hydrogens is 376 g/mol. The van der Waals surface area contributed by atoms with E-state index in [-0.39, 0.29) is 5.56 Å². The summed E-state index contributed by atoms with van der Waals surface area (Å²) in [7, 11) is 0. The van der Waals surface area contributed by atoms with Crippen LogP contribution in [0.1, 0.15) is 29.7 Å². The second-order valence-corrected chi connectivity index (χ2v) is 7.13. The van der Waals surface area contributed by atoms with Gasteiger partial charge in [-0.05, 0) is 49.4 Å². The molecule has 0 aliphatic heterocycles.